The lowest BCUT2D eigenvalue weighted by Gasteiger charge is -2.35. The van der Waals surface area contributed by atoms with Crippen LogP contribution in [0.4, 0.5) is 23.4 Å². The fourth-order valence-electron chi connectivity index (χ4n) is 4.52. The van der Waals surface area contributed by atoms with E-state index in [0.717, 1.165) is 5.69 Å². The molecule has 2 aliphatic rings. The van der Waals surface area contributed by atoms with Gasteiger partial charge < -0.3 is 15.1 Å². The molecule has 2 saturated heterocycles. The van der Waals surface area contributed by atoms with E-state index in [-0.39, 0.29) is 12.3 Å². The molecule has 5 heterocycles. The van der Waals surface area contributed by atoms with Crippen molar-refractivity contribution in [1.29, 1.82) is 5.26 Å². The molecule has 2 N–H and O–H groups in total. The Morgan fingerprint density at radius 3 is 2.53 bits per heavy atom. The average molecular weight is 507 g/mol. The number of benzene rings is 1. The van der Waals surface area contributed by atoms with Crippen LogP contribution in [0.25, 0.3) is 11.7 Å². The number of pyridine rings is 1. The summed E-state index contributed by atoms with van der Waals surface area (Å²) in [4.78, 5) is 42.0. The van der Waals surface area contributed by atoms with Crippen molar-refractivity contribution in [2.75, 3.05) is 41.3 Å². The Labute approximate surface area is 217 Å². The molecule has 0 bridgehead atoms. The number of rotatable bonds is 5. The molecule has 38 heavy (non-hydrogen) atoms. The zero-order valence-corrected chi connectivity index (χ0v) is 20.2. The van der Waals surface area contributed by atoms with Crippen LogP contribution >= 0.6 is 0 Å². The van der Waals surface area contributed by atoms with Crippen LogP contribution in [-0.4, -0.2) is 62.6 Å². The molecule has 12 heteroatoms. The van der Waals surface area contributed by atoms with Gasteiger partial charge in [0.25, 0.3) is 5.91 Å². The Kier molecular flexibility index (Phi) is 5.85. The molecular weight excluding hydrogens is 484 g/mol. The number of fused-ring (bicyclic) bond motifs is 1. The number of hydrogen-bond acceptors (Lipinski definition) is 10. The summed E-state index contributed by atoms with van der Waals surface area (Å²) in [7, 11) is 0. The minimum absolute atomic E-state index is 0.0173. The van der Waals surface area contributed by atoms with Gasteiger partial charge in [0, 0.05) is 49.2 Å². The summed E-state index contributed by atoms with van der Waals surface area (Å²) in [6, 6.07) is 15.3. The number of nitrogens with one attached hydrogen (secondary N) is 2. The van der Waals surface area contributed by atoms with Crippen LogP contribution in [0.15, 0.2) is 60.4 Å². The number of hydrogen-bond donors (Lipinski definition) is 2. The second-order valence-electron chi connectivity index (χ2n) is 8.86. The molecule has 6 rings (SSSR count). The molecule has 0 spiro atoms. The van der Waals surface area contributed by atoms with Crippen LogP contribution < -0.4 is 20.4 Å². The molecule has 0 atom stereocenters. The van der Waals surface area contributed by atoms with E-state index in [0.29, 0.717) is 66.2 Å². The second-order valence-corrected chi connectivity index (χ2v) is 8.86. The summed E-state index contributed by atoms with van der Waals surface area (Å²) in [6.07, 6.45) is 4.96. The number of para-hydroxylation sites is 1. The maximum Gasteiger partial charge on any atom is 0.254 e. The molecule has 4 aromatic rings. The molecule has 0 saturated carbocycles. The van der Waals surface area contributed by atoms with Gasteiger partial charge in [-0.15, -0.1) is 0 Å². The SMILES string of the molecule is N#Cc1cccnc1N1CCN(c2nc(Nc3ccccc3)n3ncc(/C=C4\CC(=O)NC4=O)c3n2)CC1. The summed E-state index contributed by atoms with van der Waals surface area (Å²) in [5.74, 6) is 0.904. The van der Waals surface area contributed by atoms with Gasteiger partial charge in [-0.05, 0) is 30.3 Å². The van der Waals surface area contributed by atoms with E-state index in [9.17, 15) is 14.9 Å². The van der Waals surface area contributed by atoms with Gasteiger partial charge in [0.1, 0.15) is 11.9 Å². The third kappa shape index (κ3) is 4.37. The highest BCUT2D eigenvalue weighted by molar-refractivity contribution is 6.15. The molecular formula is C26H22N10O2. The summed E-state index contributed by atoms with van der Waals surface area (Å²) in [6.45, 7) is 2.51. The van der Waals surface area contributed by atoms with Crippen molar-refractivity contribution >= 4 is 46.9 Å². The Bertz CT molecular complexity index is 1610. The standard InChI is InChI=1S/C26H22N10O2/c27-15-17-5-4-8-28-22(17)34-9-11-35(12-10-34)25-32-23-19(13-18-14-21(37)31-24(18)38)16-29-36(23)26(33-25)30-20-6-2-1-3-7-20/h1-8,13,16H,9-12,14H2,(H,30,32,33)(H,31,37,38)/b18-13+. The zero-order valence-electron chi connectivity index (χ0n) is 20.2. The van der Waals surface area contributed by atoms with Crippen LogP contribution in [0, 0.1) is 11.3 Å². The summed E-state index contributed by atoms with van der Waals surface area (Å²) in [5.41, 5.74) is 2.85. The van der Waals surface area contributed by atoms with E-state index < -0.39 is 5.91 Å². The van der Waals surface area contributed by atoms with Crippen LogP contribution in [0.5, 0.6) is 0 Å². The fraction of sp³-hybridized carbons (Fsp3) is 0.192. The van der Waals surface area contributed by atoms with Crippen LogP contribution in [0.2, 0.25) is 0 Å². The number of aromatic nitrogens is 5. The van der Waals surface area contributed by atoms with E-state index in [1.165, 1.54) is 0 Å². The second kappa shape index (κ2) is 9.62. The lowest BCUT2D eigenvalue weighted by atomic mass is 10.1. The number of amides is 2. The molecule has 3 aromatic heterocycles. The molecule has 0 unspecified atom stereocenters. The van der Waals surface area contributed by atoms with Gasteiger partial charge in [-0.3, -0.25) is 14.9 Å². The average Bonchev–Trinajstić information content (AvgIpc) is 3.51. The Hall–Kier alpha value is -5.31. The van der Waals surface area contributed by atoms with Crippen molar-refractivity contribution in [1.82, 2.24) is 29.9 Å². The topological polar surface area (TPSA) is 144 Å². The highest BCUT2D eigenvalue weighted by atomic mass is 16.2. The van der Waals surface area contributed by atoms with Crippen LogP contribution in [0.1, 0.15) is 17.5 Å². The predicted octanol–water partition coefficient (Wildman–Crippen LogP) is 1.89. The maximum atomic E-state index is 12.2. The minimum Gasteiger partial charge on any atom is -0.352 e. The van der Waals surface area contributed by atoms with Crippen LogP contribution in [-0.2, 0) is 9.59 Å². The van der Waals surface area contributed by atoms with Crippen molar-refractivity contribution in [3.05, 3.63) is 71.6 Å². The first kappa shape index (κ1) is 23.1. The monoisotopic (exact) mass is 506 g/mol. The summed E-state index contributed by atoms with van der Waals surface area (Å²) >= 11 is 0. The van der Waals surface area contributed by atoms with Gasteiger partial charge in [-0.2, -0.15) is 24.8 Å². The van der Waals surface area contributed by atoms with E-state index >= 15 is 0 Å². The minimum atomic E-state index is -0.409. The highest BCUT2D eigenvalue weighted by Crippen LogP contribution is 2.25. The fourth-order valence-corrected chi connectivity index (χ4v) is 4.52. The predicted molar refractivity (Wildman–Crippen MR) is 140 cm³/mol. The van der Waals surface area contributed by atoms with Crippen molar-refractivity contribution in [3.8, 4) is 6.07 Å². The van der Waals surface area contributed by atoms with E-state index in [1.54, 1.807) is 35.1 Å². The largest absolute Gasteiger partial charge is 0.352 e. The van der Waals surface area contributed by atoms with Crippen molar-refractivity contribution in [2.45, 2.75) is 6.42 Å². The third-order valence-corrected chi connectivity index (χ3v) is 6.41. The molecule has 1 aromatic carbocycles. The first-order valence-corrected chi connectivity index (χ1v) is 12.1. The molecule has 2 fully saturated rings. The van der Waals surface area contributed by atoms with Gasteiger partial charge in [0.05, 0.1) is 18.2 Å². The third-order valence-electron chi connectivity index (χ3n) is 6.41. The quantitative estimate of drug-likeness (QED) is 0.304. The van der Waals surface area contributed by atoms with Gasteiger partial charge in [0.15, 0.2) is 5.65 Å². The Morgan fingerprint density at radius 1 is 1.00 bits per heavy atom. The summed E-state index contributed by atoms with van der Waals surface area (Å²) < 4.78 is 1.58. The molecule has 12 nitrogen and oxygen atoms in total. The first-order chi connectivity index (χ1) is 18.6. The van der Waals surface area contributed by atoms with Gasteiger partial charge in [-0.25, -0.2) is 4.98 Å². The molecule has 2 aliphatic heterocycles. The van der Waals surface area contributed by atoms with Crippen molar-refractivity contribution < 1.29 is 9.59 Å². The van der Waals surface area contributed by atoms with Crippen molar-refractivity contribution in [3.63, 3.8) is 0 Å². The number of carbonyl (C=O) groups is 2. The van der Waals surface area contributed by atoms with E-state index in [4.69, 9.17) is 9.97 Å². The molecule has 0 aliphatic carbocycles. The number of anilines is 4. The van der Waals surface area contributed by atoms with Crippen molar-refractivity contribution in [2.24, 2.45) is 0 Å². The Morgan fingerprint density at radius 2 is 1.79 bits per heavy atom. The Balaban J connectivity index is 1.35. The number of imide groups is 1. The number of nitrogens with zero attached hydrogens (tertiary/aromatic N) is 8. The maximum absolute atomic E-state index is 12.2. The summed E-state index contributed by atoms with van der Waals surface area (Å²) in [5, 5.41) is 19.5. The smallest absolute Gasteiger partial charge is 0.254 e. The lowest BCUT2D eigenvalue weighted by Crippen LogP contribution is -2.47. The molecule has 0 radical (unpaired) electrons. The van der Waals surface area contributed by atoms with Gasteiger partial charge in [-0.1, -0.05) is 18.2 Å². The molecule has 188 valence electrons. The number of piperazine rings is 1. The zero-order chi connectivity index (χ0) is 26.1. The van der Waals surface area contributed by atoms with Gasteiger partial charge >= 0.3 is 0 Å². The number of nitriles is 1. The molecule has 2 amide bonds. The van der Waals surface area contributed by atoms with E-state index in [1.807, 2.05) is 30.3 Å². The normalized spacial score (nSPS) is 16.7. The van der Waals surface area contributed by atoms with Gasteiger partial charge in [0.2, 0.25) is 17.8 Å². The first-order valence-electron chi connectivity index (χ1n) is 12.1. The van der Waals surface area contributed by atoms with E-state index in [2.05, 4.69) is 36.6 Å². The number of carbonyl (C=O) groups excluding carboxylic acids is 2. The lowest BCUT2D eigenvalue weighted by molar-refractivity contribution is -0.124. The highest BCUT2D eigenvalue weighted by Gasteiger charge is 2.26. The van der Waals surface area contributed by atoms with Crippen LogP contribution in [0.3, 0.4) is 0 Å².